The Balaban J connectivity index is 3.33. The number of anilines is 3. The van der Waals surface area contributed by atoms with Gasteiger partial charge in [0.15, 0.2) is 11.6 Å². The second-order valence-electron chi connectivity index (χ2n) is 2.07. The first kappa shape index (κ1) is 8.25. The lowest BCUT2D eigenvalue weighted by Crippen LogP contribution is -2.04. The standard InChI is InChI=1S/C6H10N6/c1-9-3-4(7)11-6(8)12-5(3)10-2/h9H,2H2,1H3,(H4,7,8,11,12). The van der Waals surface area contributed by atoms with Gasteiger partial charge in [0.05, 0.1) is 0 Å². The molecule has 64 valence electrons. The first-order valence-electron chi connectivity index (χ1n) is 3.26. The molecule has 0 atom stereocenters. The van der Waals surface area contributed by atoms with E-state index < -0.39 is 0 Å². The molecule has 6 nitrogen and oxygen atoms in total. The molecule has 0 bridgehead atoms. The van der Waals surface area contributed by atoms with Crippen LogP contribution in [0.25, 0.3) is 0 Å². The second kappa shape index (κ2) is 3.04. The van der Waals surface area contributed by atoms with Gasteiger partial charge in [0.2, 0.25) is 5.95 Å². The molecule has 0 unspecified atom stereocenters. The van der Waals surface area contributed by atoms with Crippen molar-refractivity contribution in [2.24, 2.45) is 4.99 Å². The van der Waals surface area contributed by atoms with Gasteiger partial charge < -0.3 is 16.8 Å². The lowest BCUT2D eigenvalue weighted by atomic mass is 10.4. The van der Waals surface area contributed by atoms with Crippen molar-refractivity contribution in [3.8, 4) is 0 Å². The van der Waals surface area contributed by atoms with Gasteiger partial charge in [-0.05, 0) is 6.72 Å². The normalized spacial score (nSPS) is 9.42. The summed E-state index contributed by atoms with van der Waals surface area (Å²) in [5.74, 6) is 0.726. The minimum Gasteiger partial charge on any atom is -0.382 e. The summed E-state index contributed by atoms with van der Waals surface area (Å²) in [6.45, 7) is 3.33. The molecule has 0 saturated heterocycles. The third kappa shape index (κ3) is 1.26. The molecule has 0 spiro atoms. The van der Waals surface area contributed by atoms with Crippen LogP contribution < -0.4 is 16.8 Å². The Morgan fingerprint density at radius 2 is 2.08 bits per heavy atom. The number of aromatic nitrogens is 2. The van der Waals surface area contributed by atoms with Crippen molar-refractivity contribution in [2.75, 3.05) is 23.8 Å². The van der Waals surface area contributed by atoms with E-state index in [1.165, 1.54) is 0 Å². The smallest absolute Gasteiger partial charge is 0.224 e. The van der Waals surface area contributed by atoms with Crippen LogP contribution in [0, 0.1) is 0 Å². The number of nitrogens with one attached hydrogen (secondary N) is 1. The van der Waals surface area contributed by atoms with Crippen LogP contribution in [0.5, 0.6) is 0 Å². The van der Waals surface area contributed by atoms with Crippen LogP contribution in [0.3, 0.4) is 0 Å². The molecule has 0 aliphatic heterocycles. The summed E-state index contributed by atoms with van der Waals surface area (Å²) in [4.78, 5) is 11.2. The number of nitrogens with zero attached hydrogens (tertiary/aromatic N) is 3. The fourth-order valence-corrected chi connectivity index (χ4v) is 0.838. The molecule has 1 rings (SSSR count). The molecule has 6 heteroatoms. The van der Waals surface area contributed by atoms with Crippen LogP contribution >= 0.6 is 0 Å². The summed E-state index contributed by atoms with van der Waals surface area (Å²) in [5.41, 5.74) is 11.4. The highest BCUT2D eigenvalue weighted by atomic mass is 15.1. The van der Waals surface area contributed by atoms with Crippen molar-refractivity contribution in [1.29, 1.82) is 0 Å². The Bertz CT molecular complexity index is 307. The van der Waals surface area contributed by atoms with E-state index in [4.69, 9.17) is 11.5 Å². The van der Waals surface area contributed by atoms with Gasteiger partial charge in [-0.2, -0.15) is 9.97 Å². The fourth-order valence-electron chi connectivity index (χ4n) is 0.838. The Kier molecular flexibility index (Phi) is 2.09. The molecule has 1 heterocycles. The van der Waals surface area contributed by atoms with Gasteiger partial charge >= 0.3 is 0 Å². The van der Waals surface area contributed by atoms with Crippen molar-refractivity contribution in [3.63, 3.8) is 0 Å². The molecular weight excluding hydrogens is 156 g/mol. The third-order valence-corrected chi connectivity index (χ3v) is 1.33. The maximum Gasteiger partial charge on any atom is 0.224 e. The summed E-state index contributed by atoms with van der Waals surface area (Å²) < 4.78 is 0. The quantitative estimate of drug-likeness (QED) is 0.537. The molecule has 12 heavy (non-hydrogen) atoms. The third-order valence-electron chi connectivity index (χ3n) is 1.33. The molecule has 0 amide bonds. The van der Waals surface area contributed by atoms with E-state index in [1.54, 1.807) is 7.05 Å². The monoisotopic (exact) mass is 166 g/mol. The highest BCUT2D eigenvalue weighted by molar-refractivity contribution is 5.75. The zero-order valence-electron chi connectivity index (χ0n) is 6.70. The van der Waals surface area contributed by atoms with Crippen molar-refractivity contribution in [2.45, 2.75) is 0 Å². The van der Waals surface area contributed by atoms with Gasteiger partial charge in [0, 0.05) is 7.05 Å². The van der Waals surface area contributed by atoms with E-state index >= 15 is 0 Å². The number of hydrogen-bond acceptors (Lipinski definition) is 6. The van der Waals surface area contributed by atoms with Crippen molar-refractivity contribution < 1.29 is 0 Å². The Morgan fingerprint density at radius 3 is 2.58 bits per heavy atom. The molecule has 0 aliphatic carbocycles. The summed E-state index contributed by atoms with van der Waals surface area (Å²) in [6, 6.07) is 0. The number of aliphatic imine (C=N–C) groups is 1. The number of hydrogen-bond donors (Lipinski definition) is 3. The first-order valence-corrected chi connectivity index (χ1v) is 3.26. The molecule has 0 radical (unpaired) electrons. The maximum absolute atomic E-state index is 5.53. The van der Waals surface area contributed by atoms with Gasteiger partial charge in [-0.3, -0.25) is 0 Å². The fraction of sp³-hybridized carbons (Fsp3) is 0.167. The lowest BCUT2D eigenvalue weighted by molar-refractivity contribution is 1.17. The zero-order valence-corrected chi connectivity index (χ0v) is 6.70. The minimum absolute atomic E-state index is 0.0916. The first-order chi connectivity index (χ1) is 5.69. The highest BCUT2D eigenvalue weighted by Gasteiger charge is 2.07. The van der Waals surface area contributed by atoms with E-state index in [0.717, 1.165) is 0 Å². The van der Waals surface area contributed by atoms with Crippen LogP contribution in [0.15, 0.2) is 4.99 Å². The molecule has 0 fully saturated rings. The van der Waals surface area contributed by atoms with E-state index in [-0.39, 0.29) is 11.8 Å². The highest BCUT2D eigenvalue weighted by Crippen LogP contribution is 2.26. The Morgan fingerprint density at radius 1 is 1.42 bits per heavy atom. The summed E-state index contributed by atoms with van der Waals surface area (Å²) in [7, 11) is 1.69. The van der Waals surface area contributed by atoms with Crippen LogP contribution in [0.4, 0.5) is 23.3 Å². The molecular formula is C6H10N6. The van der Waals surface area contributed by atoms with E-state index in [0.29, 0.717) is 11.5 Å². The van der Waals surface area contributed by atoms with Crippen LogP contribution in [-0.2, 0) is 0 Å². The van der Waals surface area contributed by atoms with Crippen LogP contribution in [0.1, 0.15) is 0 Å². The predicted octanol–water partition coefficient (Wildman–Crippen LogP) is 0.0148. The van der Waals surface area contributed by atoms with Gasteiger partial charge in [0.1, 0.15) is 5.69 Å². The van der Waals surface area contributed by atoms with Crippen molar-refractivity contribution in [1.82, 2.24) is 9.97 Å². The summed E-state index contributed by atoms with van der Waals surface area (Å²) >= 11 is 0. The number of rotatable bonds is 2. The maximum atomic E-state index is 5.53. The average Bonchev–Trinajstić information content (AvgIpc) is 2.03. The zero-order chi connectivity index (χ0) is 9.14. The Labute approximate surface area is 69.7 Å². The minimum atomic E-state index is 0.0916. The lowest BCUT2D eigenvalue weighted by Gasteiger charge is -2.06. The van der Waals surface area contributed by atoms with E-state index in [2.05, 4.69) is 27.0 Å². The molecule has 0 aromatic carbocycles. The largest absolute Gasteiger partial charge is 0.382 e. The second-order valence-corrected chi connectivity index (χ2v) is 2.07. The van der Waals surface area contributed by atoms with E-state index in [9.17, 15) is 0 Å². The summed E-state index contributed by atoms with van der Waals surface area (Å²) in [6.07, 6.45) is 0. The molecule has 1 aromatic heterocycles. The van der Waals surface area contributed by atoms with Crippen molar-refractivity contribution >= 4 is 30.0 Å². The number of nitrogens with two attached hydrogens (primary N) is 2. The molecule has 0 saturated carbocycles. The van der Waals surface area contributed by atoms with Crippen LogP contribution in [0.2, 0.25) is 0 Å². The SMILES string of the molecule is C=Nc1nc(N)nc(N)c1NC. The Hall–Kier alpha value is -1.85. The summed E-state index contributed by atoms with van der Waals surface area (Å²) in [5, 5.41) is 2.80. The molecule has 1 aromatic rings. The number of nitrogen functional groups attached to an aromatic ring is 2. The van der Waals surface area contributed by atoms with E-state index in [1.807, 2.05) is 0 Å². The van der Waals surface area contributed by atoms with Gasteiger partial charge in [-0.25, -0.2) is 4.99 Å². The average molecular weight is 166 g/mol. The topological polar surface area (TPSA) is 102 Å². The van der Waals surface area contributed by atoms with Gasteiger partial charge in [-0.15, -0.1) is 0 Å². The van der Waals surface area contributed by atoms with Gasteiger partial charge in [-0.1, -0.05) is 0 Å². The van der Waals surface area contributed by atoms with Gasteiger partial charge in [0.25, 0.3) is 0 Å². The molecule has 0 aliphatic rings. The predicted molar refractivity (Wildman–Crippen MR) is 49.6 cm³/mol. The molecule has 5 N–H and O–H groups in total. The van der Waals surface area contributed by atoms with Crippen LogP contribution in [-0.4, -0.2) is 23.7 Å². The van der Waals surface area contributed by atoms with Crippen molar-refractivity contribution in [3.05, 3.63) is 0 Å².